The molecule has 0 unspecified atom stereocenters. The van der Waals surface area contributed by atoms with E-state index in [-0.39, 0.29) is 5.41 Å². The summed E-state index contributed by atoms with van der Waals surface area (Å²) < 4.78 is 7.43. The number of hydrogen-bond donors (Lipinski definition) is 0. The first-order valence-corrected chi connectivity index (χ1v) is 7.70. The molecule has 0 aromatic carbocycles. The second-order valence-electron chi connectivity index (χ2n) is 6.23. The molecule has 0 spiro atoms. The van der Waals surface area contributed by atoms with Gasteiger partial charge in [-0.25, -0.2) is 9.97 Å². The third kappa shape index (κ3) is 2.16. The molecular formula is C16H20N4O. The lowest BCUT2D eigenvalue weighted by Crippen LogP contribution is -2.41. The number of ether oxygens (including phenoxy) is 1. The molecule has 21 heavy (non-hydrogen) atoms. The van der Waals surface area contributed by atoms with Crippen LogP contribution in [0.2, 0.25) is 0 Å². The predicted molar refractivity (Wildman–Crippen MR) is 78.5 cm³/mol. The summed E-state index contributed by atoms with van der Waals surface area (Å²) in [6, 6.07) is 5.92. The molecule has 0 saturated heterocycles. The molecule has 0 atom stereocenters. The quantitative estimate of drug-likeness (QED) is 0.847. The molecule has 2 aliphatic rings. The lowest BCUT2D eigenvalue weighted by atomic mass is 9.68. The Morgan fingerprint density at radius 3 is 2.76 bits per heavy atom. The van der Waals surface area contributed by atoms with E-state index < -0.39 is 0 Å². The van der Waals surface area contributed by atoms with Crippen LogP contribution in [-0.2, 0) is 10.2 Å². The Bertz CT molecular complexity index is 629. The minimum Gasteiger partial charge on any atom is -0.384 e. The summed E-state index contributed by atoms with van der Waals surface area (Å²) in [5, 5.41) is 4.76. The van der Waals surface area contributed by atoms with Gasteiger partial charge in [0.05, 0.1) is 12.0 Å². The van der Waals surface area contributed by atoms with Gasteiger partial charge in [0, 0.05) is 19.2 Å². The van der Waals surface area contributed by atoms with Crippen molar-refractivity contribution in [3.05, 3.63) is 36.0 Å². The summed E-state index contributed by atoms with van der Waals surface area (Å²) in [6.07, 6.45) is 7.71. The van der Waals surface area contributed by atoms with Crippen molar-refractivity contribution in [2.45, 2.75) is 43.4 Å². The fraction of sp³-hybridized carbons (Fsp3) is 0.562. The molecule has 5 heteroatoms. The Morgan fingerprint density at radius 1 is 1.33 bits per heavy atom. The van der Waals surface area contributed by atoms with Crippen LogP contribution in [0.4, 0.5) is 0 Å². The van der Waals surface area contributed by atoms with Crippen molar-refractivity contribution in [1.82, 2.24) is 19.7 Å². The Hall–Kier alpha value is -1.75. The third-order valence-corrected chi connectivity index (χ3v) is 4.64. The van der Waals surface area contributed by atoms with Crippen molar-refractivity contribution < 1.29 is 4.74 Å². The zero-order chi connectivity index (χ0) is 14.3. The first kappa shape index (κ1) is 13.0. The molecule has 4 rings (SSSR count). The van der Waals surface area contributed by atoms with Gasteiger partial charge in [0.1, 0.15) is 5.82 Å². The highest BCUT2D eigenvalue weighted by molar-refractivity contribution is 5.28. The van der Waals surface area contributed by atoms with Gasteiger partial charge in [-0.2, -0.15) is 4.68 Å². The molecule has 0 aliphatic heterocycles. The normalized spacial score (nSPS) is 20.2. The van der Waals surface area contributed by atoms with Crippen molar-refractivity contribution in [3.8, 4) is 5.82 Å². The average molecular weight is 284 g/mol. The summed E-state index contributed by atoms with van der Waals surface area (Å²) in [6.45, 7) is 0.711. The maximum absolute atomic E-state index is 5.48. The molecule has 2 heterocycles. The summed E-state index contributed by atoms with van der Waals surface area (Å²) in [7, 11) is 1.77. The van der Waals surface area contributed by atoms with Crippen molar-refractivity contribution in [2.75, 3.05) is 13.7 Å². The SMILES string of the molecule is COCC1(c2nc(C3CC3)nn2-c2ccccn2)CCC1. The Morgan fingerprint density at radius 2 is 2.19 bits per heavy atom. The maximum atomic E-state index is 5.48. The fourth-order valence-electron chi connectivity index (χ4n) is 3.14. The van der Waals surface area contributed by atoms with Crippen LogP contribution in [0, 0.1) is 0 Å². The molecule has 0 amide bonds. The largest absolute Gasteiger partial charge is 0.384 e. The number of hydrogen-bond acceptors (Lipinski definition) is 4. The van der Waals surface area contributed by atoms with Gasteiger partial charge >= 0.3 is 0 Å². The highest BCUT2D eigenvalue weighted by Gasteiger charge is 2.44. The Kier molecular flexibility index (Phi) is 3.03. The standard InChI is InChI=1S/C16H20N4O/c1-21-11-16(8-4-9-16)15-18-14(12-6-7-12)19-20(15)13-5-2-3-10-17-13/h2-3,5,10,12H,4,6-9,11H2,1H3. The van der Waals surface area contributed by atoms with Crippen molar-refractivity contribution in [1.29, 1.82) is 0 Å². The second kappa shape index (κ2) is 4.91. The van der Waals surface area contributed by atoms with Crippen LogP contribution in [-0.4, -0.2) is 33.5 Å². The molecule has 2 saturated carbocycles. The van der Waals surface area contributed by atoms with Crippen LogP contribution in [0.3, 0.4) is 0 Å². The third-order valence-electron chi connectivity index (χ3n) is 4.64. The molecule has 0 bridgehead atoms. The van der Waals surface area contributed by atoms with E-state index in [0.29, 0.717) is 12.5 Å². The van der Waals surface area contributed by atoms with E-state index in [4.69, 9.17) is 14.8 Å². The first-order valence-electron chi connectivity index (χ1n) is 7.70. The molecule has 2 aromatic rings. The van der Waals surface area contributed by atoms with Crippen molar-refractivity contribution >= 4 is 0 Å². The molecule has 2 aliphatic carbocycles. The van der Waals surface area contributed by atoms with Crippen LogP contribution < -0.4 is 0 Å². The zero-order valence-corrected chi connectivity index (χ0v) is 12.3. The highest BCUT2D eigenvalue weighted by Crippen LogP contribution is 2.45. The Labute approximate surface area is 124 Å². The van der Waals surface area contributed by atoms with Crippen LogP contribution in [0.25, 0.3) is 5.82 Å². The van der Waals surface area contributed by atoms with E-state index >= 15 is 0 Å². The van der Waals surface area contributed by atoms with Gasteiger partial charge in [0.25, 0.3) is 0 Å². The van der Waals surface area contributed by atoms with Gasteiger partial charge in [0.2, 0.25) is 0 Å². The first-order chi connectivity index (χ1) is 10.3. The van der Waals surface area contributed by atoms with Crippen molar-refractivity contribution in [2.24, 2.45) is 0 Å². The van der Waals surface area contributed by atoms with Gasteiger partial charge < -0.3 is 4.74 Å². The fourth-order valence-corrected chi connectivity index (χ4v) is 3.14. The van der Waals surface area contributed by atoms with Gasteiger partial charge in [-0.1, -0.05) is 12.5 Å². The van der Waals surface area contributed by atoms with E-state index in [1.807, 2.05) is 22.9 Å². The smallest absolute Gasteiger partial charge is 0.155 e. The number of rotatable bonds is 5. The molecule has 0 radical (unpaired) electrons. The average Bonchev–Trinajstić information content (AvgIpc) is 3.23. The molecular weight excluding hydrogens is 264 g/mol. The van der Waals surface area contributed by atoms with Crippen LogP contribution >= 0.6 is 0 Å². The lowest BCUT2D eigenvalue weighted by molar-refractivity contribution is 0.0716. The van der Waals surface area contributed by atoms with Crippen LogP contribution in [0.1, 0.15) is 49.7 Å². The zero-order valence-electron chi connectivity index (χ0n) is 12.3. The molecule has 0 N–H and O–H groups in total. The monoisotopic (exact) mass is 284 g/mol. The van der Waals surface area contributed by atoms with Crippen LogP contribution in [0.5, 0.6) is 0 Å². The minimum atomic E-state index is 0.0202. The maximum Gasteiger partial charge on any atom is 0.155 e. The van der Waals surface area contributed by atoms with Crippen molar-refractivity contribution in [3.63, 3.8) is 0 Å². The van der Waals surface area contributed by atoms with E-state index in [9.17, 15) is 0 Å². The van der Waals surface area contributed by atoms with E-state index in [1.54, 1.807) is 13.3 Å². The van der Waals surface area contributed by atoms with Gasteiger partial charge in [-0.3, -0.25) is 0 Å². The van der Waals surface area contributed by atoms with E-state index in [2.05, 4.69) is 4.98 Å². The molecule has 2 fully saturated rings. The number of methoxy groups -OCH3 is 1. The summed E-state index contributed by atoms with van der Waals surface area (Å²) >= 11 is 0. The molecule has 110 valence electrons. The van der Waals surface area contributed by atoms with Crippen LogP contribution in [0.15, 0.2) is 24.4 Å². The highest BCUT2D eigenvalue weighted by atomic mass is 16.5. The number of pyridine rings is 1. The van der Waals surface area contributed by atoms with Gasteiger partial charge in [-0.05, 0) is 37.8 Å². The number of nitrogens with zero attached hydrogens (tertiary/aromatic N) is 4. The summed E-state index contributed by atoms with van der Waals surface area (Å²) in [4.78, 5) is 9.35. The van der Waals surface area contributed by atoms with E-state index in [1.165, 1.54) is 19.3 Å². The Balaban J connectivity index is 1.81. The van der Waals surface area contributed by atoms with E-state index in [0.717, 1.165) is 30.3 Å². The topological polar surface area (TPSA) is 52.8 Å². The summed E-state index contributed by atoms with van der Waals surface area (Å²) in [5.41, 5.74) is 0.0202. The predicted octanol–water partition coefficient (Wildman–Crippen LogP) is 2.61. The minimum absolute atomic E-state index is 0.0202. The van der Waals surface area contributed by atoms with Gasteiger partial charge in [-0.15, -0.1) is 5.10 Å². The summed E-state index contributed by atoms with van der Waals surface area (Å²) in [5.74, 6) is 3.43. The molecule has 2 aromatic heterocycles. The molecule has 5 nitrogen and oxygen atoms in total. The lowest BCUT2D eigenvalue weighted by Gasteiger charge is -2.40. The second-order valence-corrected chi connectivity index (χ2v) is 6.23. The van der Waals surface area contributed by atoms with Gasteiger partial charge in [0.15, 0.2) is 11.6 Å². The number of aromatic nitrogens is 4.